The molecule has 0 heterocycles. The van der Waals surface area contributed by atoms with Crippen LogP contribution in [0.2, 0.25) is 0 Å². The molecule has 1 atom stereocenters. The van der Waals surface area contributed by atoms with Gasteiger partial charge in [-0.1, -0.05) is 212 Å². The Morgan fingerprint density at radius 2 is 0.667 bits per heavy atom. The second-order valence-corrected chi connectivity index (χ2v) is 16.6. The summed E-state index contributed by atoms with van der Waals surface area (Å²) in [5.41, 5.74) is 0. The monoisotopic (exact) mass is 909 g/mol. The average molecular weight is 909 g/mol. The topological polar surface area (TPSA) is 61.8 Å². The number of hydrogen-bond donors (Lipinski definition) is 0. The normalized spacial score (nSPS) is 13.4. The lowest BCUT2D eigenvalue weighted by atomic mass is 10.1. The summed E-state index contributed by atoms with van der Waals surface area (Å²) in [6.45, 7) is 7.33. The fourth-order valence-corrected chi connectivity index (χ4v) is 6.56. The zero-order valence-electron chi connectivity index (χ0n) is 42.4. The summed E-state index contributed by atoms with van der Waals surface area (Å²) in [5, 5.41) is 0. The standard InChI is InChI=1S/C61H96O5/c1-4-7-10-13-16-19-22-25-27-29-31-32-34-37-39-42-45-48-51-54-60(62)65-58-59(66-61(63)55-52-49-46-43-40-36-24-21-18-15-12-9-6-3)57-64-56-53-50-47-44-41-38-35-33-30-28-26-23-20-17-14-11-8-5-2/h7-12,16-21,25-28,31-32,36-37,39-40,46,49,59H,4-6,13-15,22-24,29-30,33-35,38,41-45,47-48,50-58H2,1-3H3/b10-7-,11-8-,12-9-,19-16-,20-17-,21-18-,27-25-,28-26-,32-31-,39-37-,40-36-,49-46-. The average Bonchev–Trinajstić information content (AvgIpc) is 3.32. The number of carbonyl (C=O) groups excluding carboxylic acids is 2. The van der Waals surface area contributed by atoms with Crippen molar-refractivity contribution in [2.75, 3.05) is 19.8 Å². The van der Waals surface area contributed by atoms with Gasteiger partial charge in [-0.15, -0.1) is 0 Å². The predicted molar refractivity (Wildman–Crippen MR) is 288 cm³/mol. The molecule has 0 rings (SSSR count). The fraction of sp³-hybridized carbons (Fsp3) is 0.574. The lowest BCUT2D eigenvalue weighted by Gasteiger charge is -2.18. The molecule has 0 saturated heterocycles. The molecule has 0 aromatic rings. The zero-order chi connectivity index (χ0) is 47.7. The largest absolute Gasteiger partial charge is 0.462 e. The molecule has 0 aliphatic carbocycles. The first kappa shape index (κ1) is 61.8. The highest BCUT2D eigenvalue weighted by Gasteiger charge is 2.17. The van der Waals surface area contributed by atoms with E-state index in [1.54, 1.807) is 0 Å². The lowest BCUT2D eigenvalue weighted by molar-refractivity contribution is -0.162. The maximum atomic E-state index is 12.8. The molecule has 5 nitrogen and oxygen atoms in total. The Balaban J connectivity index is 4.44. The van der Waals surface area contributed by atoms with Gasteiger partial charge in [-0.3, -0.25) is 9.59 Å². The quantitative estimate of drug-likeness (QED) is 0.0346. The predicted octanol–water partition coefficient (Wildman–Crippen LogP) is 18.1. The van der Waals surface area contributed by atoms with Crippen LogP contribution < -0.4 is 0 Å². The van der Waals surface area contributed by atoms with Gasteiger partial charge in [0.1, 0.15) is 6.61 Å². The number of rotatable bonds is 46. The minimum atomic E-state index is -0.603. The van der Waals surface area contributed by atoms with Crippen LogP contribution in [0.5, 0.6) is 0 Å². The van der Waals surface area contributed by atoms with E-state index in [0.29, 0.717) is 19.4 Å². The van der Waals surface area contributed by atoms with E-state index in [9.17, 15) is 9.59 Å². The molecule has 0 radical (unpaired) electrons. The van der Waals surface area contributed by atoms with Crippen molar-refractivity contribution in [1.29, 1.82) is 0 Å². The van der Waals surface area contributed by atoms with Crippen LogP contribution in [0.25, 0.3) is 0 Å². The highest BCUT2D eigenvalue weighted by atomic mass is 16.6. The zero-order valence-corrected chi connectivity index (χ0v) is 42.4. The first-order chi connectivity index (χ1) is 32.6. The minimum absolute atomic E-state index is 0.0262. The van der Waals surface area contributed by atoms with Crippen LogP contribution >= 0.6 is 0 Å². The van der Waals surface area contributed by atoms with Gasteiger partial charge in [0.2, 0.25) is 0 Å². The first-order valence-electron chi connectivity index (χ1n) is 26.4. The molecule has 0 saturated carbocycles. The van der Waals surface area contributed by atoms with Crippen LogP contribution in [0.3, 0.4) is 0 Å². The summed E-state index contributed by atoms with van der Waals surface area (Å²) >= 11 is 0. The molecule has 1 unspecified atom stereocenters. The van der Waals surface area contributed by atoms with Gasteiger partial charge in [0.15, 0.2) is 6.10 Å². The van der Waals surface area contributed by atoms with Crippen molar-refractivity contribution >= 4 is 11.9 Å². The van der Waals surface area contributed by atoms with Gasteiger partial charge in [0.25, 0.3) is 0 Å². The van der Waals surface area contributed by atoms with Gasteiger partial charge in [-0.2, -0.15) is 0 Å². The highest BCUT2D eigenvalue weighted by Crippen LogP contribution is 2.12. The molecule has 0 N–H and O–H groups in total. The van der Waals surface area contributed by atoms with E-state index >= 15 is 0 Å². The summed E-state index contributed by atoms with van der Waals surface area (Å²) in [6, 6.07) is 0. The second kappa shape index (κ2) is 55.1. The maximum absolute atomic E-state index is 12.8. The van der Waals surface area contributed by atoms with E-state index in [4.69, 9.17) is 14.2 Å². The number of carbonyl (C=O) groups is 2. The molecule has 5 heteroatoms. The summed E-state index contributed by atoms with van der Waals surface area (Å²) in [7, 11) is 0. The van der Waals surface area contributed by atoms with Gasteiger partial charge < -0.3 is 14.2 Å². The summed E-state index contributed by atoms with van der Waals surface area (Å²) in [5.74, 6) is -0.544. The second-order valence-electron chi connectivity index (χ2n) is 16.6. The third-order valence-electron chi connectivity index (χ3n) is 10.4. The Morgan fingerprint density at radius 3 is 1.08 bits per heavy atom. The van der Waals surface area contributed by atoms with Crippen molar-refractivity contribution in [2.24, 2.45) is 0 Å². The molecular formula is C61H96O5. The molecule has 0 aliphatic heterocycles. The van der Waals surface area contributed by atoms with E-state index in [2.05, 4.69) is 161 Å². The molecule has 0 amide bonds. The Labute approximate surface area is 406 Å². The summed E-state index contributed by atoms with van der Waals surface area (Å²) < 4.78 is 17.3. The molecule has 66 heavy (non-hydrogen) atoms. The lowest BCUT2D eigenvalue weighted by Crippen LogP contribution is -2.30. The number of unbranched alkanes of at least 4 members (excludes halogenated alkanes) is 11. The van der Waals surface area contributed by atoms with Crippen LogP contribution in [0.4, 0.5) is 0 Å². The van der Waals surface area contributed by atoms with Gasteiger partial charge in [0.05, 0.1) is 6.61 Å². The van der Waals surface area contributed by atoms with Crippen molar-refractivity contribution in [3.63, 3.8) is 0 Å². The minimum Gasteiger partial charge on any atom is -0.462 e. The Bertz CT molecular complexity index is 1450. The van der Waals surface area contributed by atoms with Crippen LogP contribution in [-0.4, -0.2) is 37.9 Å². The molecule has 0 aliphatic rings. The van der Waals surface area contributed by atoms with Crippen LogP contribution in [-0.2, 0) is 23.8 Å². The SMILES string of the molecule is CC/C=C\C/C=C\C/C=C\C/C=C\C/C=C\CCCCCC(=O)OCC(COCCCCCCCCCC/C=C\C/C=C\C/C=C\CC)OC(=O)CC/C=C\C/C=C\C/C=C\C/C=C\CC. The van der Waals surface area contributed by atoms with Gasteiger partial charge >= 0.3 is 11.9 Å². The maximum Gasteiger partial charge on any atom is 0.306 e. The van der Waals surface area contributed by atoms with E-state index in [1.165, 1.54) is 44.9 Å². The molecular weight excluding hydrogens is 813 g/mol. The Morgan fingerprint density at radius 1 is 0.333 bits per heavy atom. The van der Waals surface area contributed by atoms with Crippen molar-refractivity contribution in [3.05, 3.63) is 146 Å². The molecule has 0 spiro atoms. The fourth-order valence-electron chi connectivity index (χ4n) is 6.56. The number of esters is 2. The third kappa shape index (κ3) is 52.4. The molecule has 0 aromatic heterocycles. The molecule has 0 aromatic carbocycles. The van der Waals surface area contributed by atoms with Crippen molar-refractivity contribution in [2.45, 2.75) is 207 Å². The number of ether oxygens (including phenoxy) is 3. The molecule has 0 fully saturated rings. The van der Waals surface area contributed by atoms with Crippen molar-refractivity contribution < 1.29 is 23.8 Å². The van der Waals surface area contributed by atoms with Crippen molar-refractivity contribution in [1.82, 2.24) is 0 Å². The number of allylic oxidation sites excluding steroid dienone is 24. The molecule has 370 valence electrons. The van der Waals surface area contributed by atoms with Crippen LogP contribution in [0.15, 0.2) is 146 Å². The van der Waals surface area contributed by atoms with Crippen LogP contribution in [0, 0.1) is 0 Å². The van der Waals surface area contributed by atoms with E-state index in [0.717, 1.165) is 116 Å². The highest BCUT2D eigenvalue weighted by molar-refractivity contribution is 5.70. The van der Waals surface area contributed by atoms with Gasteiger partial charge in [-0.05, 0) is 122 Å². The number of hydrogen-bond acceptors (Lipinski definition) is 5. The van der Waals surface area contributed by atoms with Gasteiger partial charge in [-0.25, -0.2) is 0 Å². The van der Waals surface area contributed by atoms with Gasteiger partial charge in [0, 0.05) is 19.4 Å². The molecule has 0 bridgehead atoms. The van der Waals surface area contributed by atoms with Crippen molar-refractivity contribution in [3.8, 4) is 0 Å². The summed E-state index contributed by atoms with van der Waals surface area (Å²) in [4.78, 5) is 25.4. The smallest absolute Gasteiger partial charge is 0.306 e. The Kier molecular flexibility index (Phi) is 51.6. The summed E-state index contributed by atoms with van der Waals surface area (Å²) in [6.07, 6.45) is 80.2. The first-order valence-corrected chi connectivity index (χ1v) is 26.4. The third-order valence-corrected chi connectivity index (χ3v) is 10.4. The van der Waals surface area contributed by atoms with Crippen LogP contribution in [0.1, 0.15) is 201 Å². The van der Waals surface area contributed by atoms with E-state index in [-0.39, 0.29) is 31.6 Å². The van der Waals surface area contributed by atoms with E-state index < -0.39 is 6.10 Å². The van der Waals surface area contributed by atoms with E-state index in [1.807, 2.05) is 6.08 Å². The Hall–Kier alpha value is -4.22.